The first kappa shape index (κ1) is 11.4. The molecule has 0 atom stereocenters. The van der Waals surface area contributed by atoms with Crippen LogP contribution < -0.4 is 10.1 Å². The molecule has 0 amide bonds. The molecule has 0 aliphatic rings. The molecule has 0 unspecified atom stereocenters. The molecule has 1 heterocycles. The van der Waals surface area contributed by atoms with E-state index in [-0.39, 0.29) is 0 Å². The van der Waals surface area contributed by atoms with Gasteiger partial charge in [0.05, 0.1) is 12.3 Å². The predicted molar refractivity (Wildman–Crippen MR) is 65.1 cm³/mol. The number of para-hydroxylation sites is 2. The van der Waals surface area contributed by atoms with E-state index in [4.69, 9.17) is 4.74 Å². The number of nitrogens with zero attached hydrogens (tertiary/aromatic N) is 1. The van der Waals surface area contributed by atoms with Gasteiger partial charge in [0.2, 0.25) is 5.95 Å². The molecule has 0 saturated carbocycles. The van der Waals surface area contributed by atoms with E-state index in [1.807, 2.05) is 31.2 Å². The fourth-order valence-electron chi connectivity index (χ4n) is 1.47. The highest BCUT2D eigenvalue weighted by atomic mass is 19.1. The summed E-state index contributed by atoms with van der Waals surface area (Å²) in [5.74, 6) is 0.669. The summed E-state index contributed by atoms with van der Waals surface area (Å²) in [6.07, 6.45) is 0. The molecule has 0 fully saturated rings. The number of anilines is 2. The first-order valence-corrected chi connectivity index (χ1v) is 5.41. The van der Waals surface area contributed by atoms with Crippen LogP contribution in [0.4, 0.5) is 15.9 Å². The maximum absolute atomic E-state index is 12.9. The summed E-state index contributed by atoms with van der Waals surface area (Å²) in [5.41, 5.74) is 0.771. The van der Waals surface area contributed by atoms with Crippen molar-refractivity contribution >= 4 is 11.5 Å². The van der Waals surface area contributed by atoms with Gasteiger partial charge in [-0.1, -0.05) is 18.2 Å². The maximum Gasteiger partial charge on any atom is 0.214 e. The van der Waals surface area contributed by atoms with Gasteiger partial charge in [-0.3, -0.25) is 0 Å². The van der Waals surface area contributed by atoms with Crippen LogP contribution in [0.1, 0.15) is 6.92 Å². The molecule has 0 spiro atoms. The highest BCUT2D eigenvalue weighted by Crippen LogP contribution is 2.26. The molecule has 1 N–H and O–H groups in total. The zero-order valence-corrected chi connectivity index (χ0v) is 9.48. The molecule has 0 aliphatic heterocycles. The van der Waals surface area contributed by atoms with E-state index < -0.39 is 5.95 Å². The second-order valence-corrected chi connectivity index (χ2v) is 3.40. The Balaban J connectivity index is 2.23. The lowest BCUT2D eigenvalue weighted by molar-refractivity contribution is 0.342. The Morgan fingerprint density at radius 1 is 1.18 bits per heavy atom. The topological polar surface area (TPSA) is 34.1 Å². The Bertz CT molecular complexity index is 502. The lowest BCUT2D eigenvalue weighted by Gasteiger charge is -2.11. The Morgan fingerprint density at radius 3 is 2.76 bits per heavy atom. The van der Waals surface area contributed by atoms with E-state index in [1.54, 1.807) is 12.1 Å². The molecule has 0 saturated heterocycles. The molecule has 1 aromatic carbocycles. The van der Waals surface area contributed by atoms with Gasteiger partial charge in [-0.25, -0.2) is 4.98 Å². The van der Waals surface area contributed by atoms with Crippen molar-refractivity contribution in [3.8, 4) is 5.75 Å². The fraction of sp³-hybridized carbons (Fsp3) is 0.154. The molecule has 88 valence electrons. The number of rotatable bonds is 4. The summed E-state index contributed by atoms with van der Waals surface area (Å²) in [6, 6.07) is 12.1. The van der Waals surface area contributed by atoms with Gasteiger partial charge in [0, 0.05) is 0 Å². The number of benzene rings is 1. The first-order valence-electron chi connectivity index (χ1n) is 5.41. The third-order valence-corrected chi connectivity index (χ3v) is 2.16. The number of halogens is 1. The number of hydrogen-bond acceptors (Lipinski definition) is 3. The summed E-state index contributed by atoms with van der Waals surface area (Å²) < 4.78 is 18.4. The van der Waals surface area contributed by atoms with Crippen molar-refractivity contribution < 1.29 is 9.13 Å². The second kappa shape index (κ2) is 5.30. The first-order chi connectivity index (χ1) is 8.29. The van der Waals surface area contributed by atoms with E-state index in [2.05, 4.69) is 10.3 Å². The summed E-state index contributed by atoms with van der Waals surface area (Å²) in [4.78, 5) is 3.74. The second-order valence-electron chi connectivity index (χ2n) is 3.40. The molecule has 1 aromatic heterocycles. The van der Waals surface area contributed by atoms with E-state index in [1.165, 1.54) is 6.07 Å². The minimum Gasteiger partial charge on any atom is -0.492 e. The van der Waals surface area contributed by atoms with Crippen LogP contribution in [-0.4, -0.2) is 11.6 Å². The van der Waals surface area contributed by atoms with Gasteiger partial charge >= 0.3 is 0 Å². The Hall–Kier alpha value is -2.10. The Morgan fingerprint density at radius 2 is 2.00 bits per heavy atom. The summed E-state index contributed by atoms with van der Waals surface area (Å²) in [6.45, 7) is 2.49. The van der Waals surface area contributed by atoms with Crippen molar-refractivity contribution in [2.75, 3.05) is 11.9 Å². The van der Waals surface area contributed by atoms with Crippen LogP contribution in [0.2, 0.25) is 0 Å². The van der Waals surface area contributed by atoms with Crippen LogP contribution in [0.3, 0.4) is 0 Å². The van der Waals surface area contributed by atoms with Gasteiger partial charge in [-0.2, -0.15) is 4.39 Å². The van der Waals surface area contributed by atoms with Crippen molar-refractivity contribution in [1.82, 2.24) is 4.98 Å². The highest BCUT2D eigenvalue weighted by molar-refractivity contribution is 5.63. The zero-order chi connectivity index (χ0) is 12.1. The molecule has 2 aromatic rings. The molecule has 4 heteroatoms. The van der Waals surface area contributed by atoms with Crippen molar-refractivity contribution in [3.63, 3.8) is 0 Å². The quantitative estimate of drug-likeness (QED) is 0.821. The van der Waals surface area contributed by atoms with Gasteiger partial charge in [-0.05, 0) is 31.2 Å². The number of pyridine rings is 1. The monoisotopic (exact) mass is 232 g/mol. The lowest BCUT2D eigenvalue weighted by Crippen LogP contribution is -1.99. The van der Waals surface area contributed by atoms with Crippen LogP contribution in [0.25, 0.3) is 0 Å². The number of nitrogens with one attached hydrogen (secondary N) is 1. The van der Waals surface area contributed by atoms with Crippen LogP contribution in [0, 0.1) is 5.95 Å². The van der Waals surface area contributed by atoms with Crippen molar-refractivity contribution in [3.05, 3.63) is 48.4 Å². The fourth-order valence-corrected chi connectivity index (χ4v) is 1.47. The third-order valence-electron chi connectivity index (χ3n) is 2.16. The van der Waals surface area contributed by atoms with E-state index in [0.717, 1.165) is 11.4 Å². The smallest absolute Gasteiger partial charge is 0.214 e. The number of aromatic nitrogens is 1. The molecule has 0 aliphatic carbocycles. The molecule has 0 bridgehead atoms. The van der Waals surface area contributed by atoms with Crippen LogP contribution in [-0.2, 0) is 0 Å². The van der Waals surface area contributed by atoms with Gasteiger partial charge in [0.1, 0.15) is 11.6 Å². The average Bonchev–Trinajstić information content (AvgIpc) is 2.32. The Kier molecular flexibility index (Phi) is 3.55. The van der Waals surface area contributed by atoms with Crippen LogP contribution in [0.15, 0.2) is 42.5 Å². The minimum atomic E-state index is -0.510. The summed E-state index contributed by atoms with van der Waals surface area (Å²) >= 11 is 0. The average molecular weight is 232 g/mol. The molecular weight excluding hydrogens is 219 g/mol. The van der Waals surface area contributed by atoms with Crippen LogP contribution in [0.5, 0.6) is 5.75 Å². The number of hydrogen-bond donors (Lipinski definition) is 1. The van der Waals surface area contributed by atoms with Gasteiger partial charge in [0.15, 0.2) is 0 Å². The summed E-state index contributed by atoms with van der Waals surface area (Å²) in [7, 11) is 0. The van der Waals surface area contributed by atoms with Crippen molar-refractivity contribution in [1.29, 1.82) is 0 Å². The van der Waals surface area contributed by atoms with Crippen molar-refractivity contribution in [2.24, 2.45) is 0 Å². The largest absolute Gasteiger partial charge is 0.492 e. The van der Waals surface area contributed by atoms with E-state index >= 15 is 0 Å². The van der Waals surface area contributed by atoms with Gasteiger partial charge in [0.25, 0.3) is 0 Å². The number of ether oxygens (including phenoxy) is 1. The predicted octanol–water partition coefficient (Wildman–Crippen LogP) is 3.36. The molecule has 3 nitrogen and oxygen atoms in total. The van der Waals surface area contributed by atoms with Crippen LogP contribution >= 0.6 is 0 Å². The standard InChI is InChI=1S/C13H13FN2O/c1-2-17-11-7-4-3-6-10(11)15-13-9-5-8-12(14)16-13/h3-9H,2H2,1H3,(H,15,16). The molecular formula is C13H13FN2O. The minimum absolute atomic E-state index is 0.456. The van der Waals surface area contributed by atoms with E-state index in [0.29, 0.717) is 12.4 Å². The molecule has 17 heavy (non-hydrogen) atoms. The zero-order valence-electron chi connectivity index (χ0n) is 9.48. The van der Waals surface area contributed by atoms with Crippen molar-refractivity contribution in [2.45, 2.75) is 6.92 Å². The Labute approximate surface area is 99.3 Å². The SMILES string of the molecule is CCOc1ccccc1Nc1cccc(F)n1. The highest BCUT2D eigenvalue weighted by Gasteiger charge is 2.03. The summed E-state index contributed by atoms with van der Waals surface area (Å²) in [5, 5.41) is 3.02. The maximum atomic E-state index is 12.9. The molecule has 2 rings (SSSR count). The van der Waals surface area contributed by atoms with E-state index in [9.17, 15) is 4.39 Å². The molecule has 0 radical (unpaired) electrons. The van der Waals surface area contributed by atoms with Gasteiger partial charge < -0.3 is 10.1 Å². The third kappa shape index (κ3) is 2.93. The lowest BCUT2D eigenvalue weighted by atomic mass is 10.3. The normalized spacial score (nSPS) is 10.0. The van der Waals surface area contributed by atoms with Gasteiger partial charge in [-0.15, -0.1) is 0 Å².